The fraction of sp³-hybridized carbons (Fsp3) is 0.250. The highest BCUT2D eigenvalue weighted by Gasteiger charge is 2.15. The summed E-state index contributed by atoms with van der Waals surface area (Å²) in [5.41, 5.74) is 0.706. The van der Waals surface area contributed by atoms with E-state index in [0.29, 0.717) is 17.4 Å². The van der Waals surface area contributed by atoms with Crippen LogP contribution in [-0.4, -0.2) is 48.9 Å². The van der Waals surface area contributed by atoms with Crippen molar-refractivity contribution in [1.82, 2.24) is 25.1 Å². The number of carbonyl (C=O) groups is 1. The maximum absolute atomic E-state index is 12.3. The van der Waals surface area contributed by atoms with Crippen LogP contribution in [0.2, 0.25) is 0 Å². The minimum atomic E-state index is -0.0562. The van der Waals surface area contributed by atoms with E-state index in [1.54, 1.807) is 36.2 Å². The Bertz CT molecular complexity index is 859. The minimum absolute atomic E-state index is 0.0562. The number of thioether (sulfide) groups is 1. The largest absolute Gasteiger partial charge is 0.508 e. The summed E-state index contributed by atoms with van der Waals surface area (Å²) < 4.78 is 7.00. The van der Waals surface area contributed by atoms with Gasteiger partial charge in [0.1, 0.15) is 17.3 Å². The van der Waals surface area contributed by atoms with Crippen molar-refractivity contribution in [1.29, 1.82) is 0 Å². The zero-order valence-electron chi connectivity index (χ0n) is 13.8. The molecule has 0 saturated heterocycles. The van der Waals surface area contributed by atoms with Crippen LogP contribution in [0, 0.1) is 6.92 Å². The average molecular weight is 359 g/mol. The standard InChI is InChI=1S/C16H17N5O3S/c1-11-3-8-14(24-11)9-20(2)15(23)10-25-16-17-18-19-21(16)12-4-6-13(22)7-5-12/h3-8,22H,9-10H2,1-2H3. The Hall–Kier alpha value is -2.81. The molecule has 3 aromatic rings. The molecule has 2 aromatic heterocycles. The number of furan rings is 1. The molecule has 0 fully saturated rings. The number of benzene rings is 1. The first-order valence-electron chi connectivity index (χ1n) is 7.53. The number of aryl methyl sites for hydroxylation is 1. The fourth-order valence-electron chi connectivity index (χ4n) is 2.15. The molecule has 1 N–H and O–H groups in total. The Balaban J connectivity index is 1.61. The van der Waals surface area contributed by atoms with Crippen molar-refractivity contribution in [3.63, 3.8) is 0 Å². The van der Waals surface area contributed by atoms with E-state index in [0.717, 1.165) is 11.5 Å². The predicted molar refractivity (Wildman–Crippen MR) is 91.5 cm³/mol. The molecule has 2 heterocycles. The van der Waals surface area contributed by atoms with Crippen molar-refractivity contribution >= 4 is 17.7 Å². The van der Waals surface area contributed by atoms with Crippen LogP contribution in [0.1, 0.15) is 11.5 Å². The molecule has 0 atom stereocenters. The van der Waals surface area contributed by atoms with Crippen LogP contribution in [0.4, 0.5) is 0 Å². The number of rotatable bonds is 6. The number of amides is 1. The van der Waals surface area contributed by atoms with E-state index in [1.807, 2.05) is 19.1 Å². The van der Waals surface area contributed by atoms with Gasteiger partial charge in [0.2, 0.25) is 11.1 Å². The Kier molecular flexibility index (Phi) is 5.03. The van der Waals surface area contributed by atoms with Gasteiger partial charge in [-0.1, -0.05) is 11.8 Å². The van der Waals surface area contributed by atoms with E-state index in [1.165, 1.54) is 16.4 Å². The number of phenolic OH excluding ortho intramolecular Hbond substituents is 1. The second-order valence-electron chi connectivity index (χ2n) is 5.44. The molecule has 8 nitrogen and oxygen atoms in total. The highest BCUT2D eigenvalue weighted by molar-refractivity contribution is 7.99. The molecule has 0 bridgehead atoms. The number of aromatic nitrogens is 4. The molecule has 0 saturated carbocycles. The molecule has 1 aromatic carbocycles. The zero-order valence-corrected chi connectivity index (χ0v) is 14.6. The van der Waals surface area contributed by atoms with Crippen molar-refractivity contribution in [2.75, 3.05) is 12.8 Å². The lowest BCUT2D eigenvalue weighted by Gasteiger charge is -2.15. The van der Waals surface area contributed by atoms with Crippen LogP contribution in [0.5, 0.6) is 5.75 Å². The van der Waals surface area contributed by atoms with Gasteiger partial charge in [-0.2, -0.15) is 4.68 Å². The molecule has 0 aliphatic heterocycles. The summed E-state index contributed by atoms with van der Waals surface area (Å²) in [6, 6.07) is 10.2. The number of tetrazole rings is 1. The third kappa shape index (κ3) is 4.18. The summed E-state index contributed by atoms with van der Waals surface area (Å²) in [6.45, 7) is 2.28. The topological polar surface area (TPSA) is 97.3 Å². The minimum Gasteiger partial charge on any atom is -0.508 e. The Morgan fingerprint density at radius 2 is 2.04 bits per heavy atom. The number of carbonyl (C=O) groups excluding carboxylic acids is 1. The number of aromatic hydroxyl groups is 1. The molecule has 0 radical (unpaired) electrons. The van der Waals surface area contributed by atoms with Gasteiger partial charge in [-0.3, -0.25) is 4.79 Å². The first-order chi connectivity index (χ1) is 12.0. The molecule has 3 rings (SSSR count). The molecule has 25 heavy (non-hydrogen) atoms. The quantitative estimate of drug-likeness (QED) is 0.672. The lowest BCUT2D eigenvalue weighted by Crippen LogP contribution is -2.27. The van der Waals surface area contributed by atoms with Crippen LogP contribution in [0.25, 0.3) is 5.69 Å². The van der Waals surface area contributed by atoms with Gasteiger partial charge in [-0.25, -0.2) is 0 Å². The van der Waals surface area contributed by atoms with Gasteiger partial charge in [0, 0.05) is 7.05 Å². The second-order valence-corrected chi connectivity index (χ2v) is 6.38. The second kappa shape index (κ2) is 7.39. The van der Waals surface area contributed by atoms with Gasteiger partial charge in [-0.15, -0.1) is 5.10 Å². The van der Waals surface area contributed by atoms with Crippen LogP contribution in [-0.2, 0) is 11.3 Å². The van der Waals surface area contributed by atoms with Gasteiger partial charge in [0.25, 0.3) is 0 Å². The van der Waals surface area contributed by atoms with Crippen molar-refractivity contribution < 1.29 is 14.3 Å². The summed E-state index contributed by atoms with van der Waals surface area (Å²) in [6.07, 6.45) is 0. The van der Waals surface area contributed by atoms with E-state index in [9.17, 15) is 9.90 Å². The van der Waals surface area contributed by atoms with Crippen LogP contribution in [0.3, 0.4) is 0 Å². The summed E-state index contributed by atoms with van der Waals surface area (Å²) in [7, 11) is 1.73. The predicted octanol–water partition coefficient (Wildman–Crippen LogP) is 2.02. The lowest BCUT2D eigenvalue weighted by molar-refractivity contribution is -0.127. The van der Waals surface area contributed by atoms with Crippen LogP contribution < -0.4 is 0 Å². The van der Waals surface area contributed by atoms with Crippen LogP contribution in [0.15, 0.2) is 46.0 Å². The molecule has 9 heteroatoms. The maximum Gasteiger partial charge on any atom is 0.233 e. The highest BCUT2D eigenvalue weighted by Crippen LogP contribution is 2.20. The third-order valence-electron chi connectivity index (χ3n) is 3.47. The zero-order chi connectivity index (χ0) is 17.8. The molecule has 0 unspecified atom stereocenters. The first-order valence-corrected chi connectivity index (χ1v) is 8.51. The summed E-state index contributed by atoms with van der Waals surface area (Å²) in [5.74, 6) is 1.87. The Morgan fingerprint density at radius 3 is 2.72 bits per heavy atom. The number of hydrogen-bond donors (Lipinski definition) is 1. The molecule has 0 aliphatic rings. The van der Waals surface area contributed by atoms with Crippen molar-refractivity contribution in [2.45, 2.75) is 18.6 Å². The average Bonchev–Trinajstić information content (AvgIpc) is 3.22. The Morgan fingerprint density at radius 1 is 1.28 bits per heavy atom. The van der Waals surface area contributed by atoms with E-state index in [-0.39, 0.29) is 17.4 Å². The molecular weight excluding hydrogens is 342 g/mol. The van der Waals surface area contributed by atoms with Crippen molar-refractivity contribution in [3.05, 3.63) is 47.9 Å². The molecule has 0 aliphatic carbocycles. The molecule has 1 amide bonds. The fourth-order valence-corrected chi connectivity index (χ4v) is 2.98. The molecule has 130 valence electrons. The maximum atomic E-state index is 12.3. The van der Waals surface area contributed by atoms with Crippen LogP contribution >= 0.6 is 11.8 Å². The van der Waals surface area contributed by atoms with E-state index in [4.69, 9.17) is 4.42 Å². The third-order valence-corrected chi connectivity index (χ3v) is 4.38. The van der Waals surface area contributed by atoms with Gasteiger partial charge in [0.05, 0.1) is 18.0 Å². The number of phenols is 1. The summed E-state index contributed by atoms with van der Waals surface area (Å²) in [5, 5.41) is 21.4. The smallest absolute Gasteiger partial charge is 0.233 e. The highest BCUT2D eigenvalue weighted by atomic mass is 32.2. The first kappa shape index (κ1) is 17.0. The summed E-state index contributed by atoms with van der Waals surface area (Å²) >= 11 is 1.25. The molecule has 0 spiro atoms. The van der Waals surface area contributed by atoms with E-state index < -0.39 is 0 Å². The normalized spacial score (nSPS) is 10.8. The van der Waals surface area contributed by atoms with Gasteiger partial charge < -0.3 is 14.4 Å². The van der Waals surface area contributed by atoms with Gasteiger partial charge >= 0.3 is 0 Å². The lowest BCUT2D eigenvalue weighted by atomic mass is 10.3. The monoisotopic (exact) mass is 359 g/mol. The van der Waals surface area contributed by atoms with Crippen molar-refractivity contribution in [3.8, 4) is 11.4 Å². The SMILES string of the molecule is Cc1ccc(CN(C)C(=O)CSc2nnnn2-c2ccc(O)cc2)o1. The Labute approximate surface area is 148 Å². The van der Waals surface area contributed by atoms with E-state index in [2.05, 4.69) is 15.5 Å². The van der Waals surface area contributed by atoms with E-state index >= 15 is 0 Å². The number of hydrogen-bond acceptors (Lipinski definition) is 7. The van der Waals surface area contributed by atoms with Crippen molar-refractivity contribution in [2.24, 2.45) is 0 Å². The molecular formula is C16H17N5O3S. The van der Waals surface area contributed by atoms with Gasteiger partial charge in [0.15, 0.2) is 0 Å². The summed E-state index contributed by atoms with van der Waals surface area (Å²) in [4.78, 5) is 13.9. The number of nitrogens with zero attached hydrogens (tertiary/aromatic N) is 5. The van der Waals surface area contributed by atoms with Gasteiger partial charge in [-0.05, 0) is 53.7 Å².